The molecule has 1 atom stereocenters. The van der Waals surface area contributed by atoms with Gasteiger partial charge < -0.3 is 14.8 Å². The molecule has 0 amide bonds. The molecule has 3 heteroatoms. The van der Waals surface area contributed by atoms with Crippen LogP contribution in [-0.2, 0) is 11.3 Å². The van der Waals surface area contributed by atoms with Crippen LogP contribution in [0.5, 0.6) is 5.75 Å². The molecule has 0 spiro atoms. The second-order valence-electron chi connectivity index (χ2n) is 4.77. The minimum Gasteiger partial charge on any atom is -0.491 e. The summed E-state index contributed by atoms with van der Waals surface area (Å²) in [6, 6.07) is 8.30. The van der Waals surface area contributed by atoms with Gasteiger partial charge in [-0.15, -0.1) is 0 Å². The number of rotatable bonds is 7. The first-order valence-electron chi connectivity index (χ1n) is 6.92. The van der Waals surface area contributed by atoms with Crippen LogP contribution in [0.4, 0.5) is 0 Å². The average molecular weight is 249 g/mol. The molecule has 1 heterocycles. The summed E-state index contributed by atoms with van der Waals surface area (Å²) in [5.41, 5.74) is 1.27. The standard InChI is InChI=1S/C15H23NO2/c1-2-8-16-11-13-5-3-6-14(10-13)18-12-15-7-4-9-17-15/h3,5-6,10,15-16H,2,4,7-9,11-12H2,1H3. The molecule has 1 aliphatic rings. The molecule has 0 radical (unpaired) electrons. The lowest BCUT2D eigenvalue weighted by Gasteiger charge is -2.12. The van der Waals surface area contributed by atoms with E-state index in [2.05, 4.69) is 24.4 Å². The van der Waals surface area contributed by atoms with Crippen molar-refractivity contribution < 1.29 is 9.47 Å². The smallest absolute Gasteiger partial charge is 0.119 e. The predicted octanol–water partition coefficient (Wildman–Crippen LogP) is 2.74. The van der Waals surface area contributed by atoms with E-state index in [0.717, 1.165) is 44.7 Å². The van der Waals surface area contributed by atoms with Crippen LogP contribution in [0.1, 0.15) is 31.7 Å². The van der Waals surface area contributed by atoms with Gasteiger partial charge in [0.15, 0.2) is 0 Å². The summed E-state index contributed by atoms with van der Waals surface area (Å²) >= 11 is 0. The van der Waals surface area contributed by atoms with E-state index >= 15 is 0 Å². The first-order chi connectivity index (χ1) is 8.88. The highest BCUT2D eigenvalue weighted by molar-refractivity contribution is 5.28. The maximum Gasteiger partial charge on any atom is 0.119 e. The summed E-state index contributed by atoms with van der Waals surface area (Å²) in [5.74, 6) is 0.946. The lowest BCUT2D eigenvalue weighted by molar-refractivity contribution is 0.0679. The summed E-state index contributed by atoms with van der Waals surface area (Å²) in [5, 5.41) is 3.40. The molecule has 1 aromatic carbocycles. The van der Waals surface area contributed by atoms with Crippen molar-refractivity contribution in [1.82, 2.24) is 5.32 Å². The fourth-order valence-corrected chi connectivity index (χ4v) is 2.12. The van der Waals surface area contributed by atoms with Crippen LogP contribution < -0.4 is 10.1 Å². The van der Waals surface area contributed by atoms with Gasteiger partial charge in [0, 0.05) is 13.2 Å². The minimum absolute atomic E-state index is 0.284. The van der Waals surface area contributed by atoms with Crippen LogP contribution >= 0.6 is 0 Å². The summed E-state index contributed by atoms with van der Waals surface area (Å²) < 4.78 is 11.3. The van der Waals surface area contributed by atoms with Crippen molar-refractivity contribution in [2.24, 2.45) is 0 Å². The summed E-state index contributed by atoms with van der Waals surface area (Å²) in [6.45, 7) is 5.70. The quantitative estimate of drug-likeness (QED) is 0.754. The number of ether oxygens (including phenoxy) is 2. The van der Waals surface area contributed by atoms with Crippen molar-refractivity contribution in [1.29, 1.82) is 0 Å². The van der Waals surface area contributed by atoms with E-state index < -0.39 is 0 Å². The van der Waals surface area contributed by atoms with Crippen LogP contribution in [0.25, 0.3) is 0 Å². The SMILES string of the molecule is CCCNCc1cccc(OCC2CCCO2)c1. The van der Waals surface area contributed by atoms with E-state index in [4.69, 9.17) is 9.47 Å². The van der Waals surface area contributed by atoms with Crippen LogP contribution in [0.3, 0.4) is 0 Å². The molecule has 1 N–H and O–H groups in total. The molecule has 0 aliphatic carbocycles. The lowest BCUT2D eigenvalue weighted by Crippen LogP contribution is -2.16. The predicted molar refractivity (Wildman–Crippen MR) is 72.9 cm³/mol. The van der Waals surface area contributed by atoms with Crippen molar-refractivity contribution in [3.8, 4) is 5.75 Å². The maximum absolute atomic E-state index is 5.78. The van der Waals surface area contributed by atoms with Gasteiger partial charge >= 0.3 is 0 Å². The fraction of sp³-hybridized carbons (Fsp3) is 0.600. The van der Waals surface area contributed by atoms with Gasteiger partial charge in [-0.3, -0.25) is 0 Å². The highest BCUT2D eigenvalue weighted by atomic mass is 16.5. The second-order valence-corrected chi connectivity index (χ2v) is 4.77. The first-order valence-corrected chi connectivity index (χ1v) is 6.92. The van der Waals surface area contributed by atoms with Gasteiger partial charge in [-0.2, -0.15) is 0 Å². The summed E-state index contributed by atoms with van der Waals surface area (Å²) in [6.07, 6.45) is 3.73. The monoisotopic (exact) mass is 249 g/mol. The van der Waals surface area contributed by atoms with Crippen LogP contribution in [-0.4, -0.2) is 25.9 Å². The van der Waals surface area contributed by atoms with Crippen LogP contribution in [0, 0.1) is 0 Å². The molecule has 0 saturated carbocycles. The number of hydrogen-bond acceptors (Lipinski definition) is 3. The van der Waals surface area contributed by atoms with Crippen LogP contribution in [0.2, 0.25) is 0 Å². The molecule has 100 valence electrons. The zero-order valence-corrected chi connectivity index (χ0v) is 11.2. The molecule has 0 bridgehead atoms. The van der Waals surface area contributed by atoms with Gasteiger partial charge in [0.2, 0.25) is 0 Å². The highest BCUT2D eigenvalue weighted by Crippen LogP contribution is 2.17. The van der Waals surface area contributed by atoms with Gasteiger partial charge in [0.25, 0.3) is 0 Å². The molecular weight excluding hydrogens is 226 g/mol. The largest absolute Gasteiger partial charge is 0.491 e. The van der Waals surface area contributed by atoms with Crippen molar-refractivity contribution in [2.75, 3.05) is 19.8 Å². The number of hydrogen-bond donors (Lipinski definition) is 1. The summed E-state index contributed by atoms with van der Waals surface area (Å²) in [7, 11) is 0. The third-order valence-corrected chi connectivity index (χ3v) is 3.11. The Morgan fingerprint density at radius 2 is 2.39 bits per heavy atom. The topological polar surface area (TPSA) is 30.5 Å². The Labute approximate surface area is 109 Å². The molecule has 1 unspecified atom stereocenters. The lowest BCUT2D eigenvalue weighted by atomic mass is 10.2. The maximum atomic E-state index is 5.78. The molecule has 1 aliphatic heterocycles. The molecule has 3 nitrogen and oxygen atoms in total. The second kappa shape index (κ2) is 7.39. The zero-order chi connectivity index (χ0) is 12.6. The number of nitrogens with one attached hydrogen (secondary N) is 1. The minimum atomic E-state index is 0.284. The molecule has 0 aromatic heterocycles. The van der Waals surface area contributed by atoms with E-state index in [1.165, 1.54) is 5.56 Å². The van der Waals surface area contributed by atoms with E-state index in [-0.39, 0.29) is 6.10 Å². The average Bonchev–Trinajstić information content (AvgIpc) is 2.90. The first kappa shape index (κ1) is 13.4. The Morgan fingerprint density at radius 1 is 1.44 bits per heavy atom. The Hall–Kier alpha value is -1.06. The van der Waals surface area contributed by atoms with Crippen molar-refractivity contribution in [2.45, 2.75) is 38.8 Å². The summed E-state index contributed by atoms with van der Waals surface area (Å²) in [4.78, 5) is 0. The Kier molecular flexibility index (Phi) is 5.49. The fourth-order valence-electron chi connectivity index (χ4n) is 2.12. The van der Waals surface area contributed by atoms with E-state index in [9.17, 15) is 0 Å². The van der Waals surface area contributed by atoms with Gasteiger partial charge in [0.05, 0.1) is 6.10 Å². The van der Waals surface area contributed by atoms with E-state index in [0.29, 0.717) is 6.61 Å². The highest BCUT2D eigenvalue weighted by Gasteiger charge is 2.15. The van der Waals surface area contributed by atoms with Crippen LogP contribution in [0.15, 0.2) is 24.3 Å². The molecule has 2 rings (SSSR count). The number of benzene rings is 1. The molecule has 1 aromatic rings. The third-order valence-electron chi connectivity index (χ3n) is 3.11. The van der Waals surface area contributed by atoms with E-state index in [1.807, 2.05) is 12.1 Å². The Balaban J connectivity index is 1.78. The molecule has 18 heavy (non-hydrogen) atoms. The molecule has 1 saturated heterocycles. The zero-order valence-electron chi connectivity index (χ0n) is 11.2. The normalized spacial score (nSPS) is 19.1. The van der Waals surface area contributed by atoms with Crippen molar-refractivity contribution in [3.63, 3.8) is 0 Å². The van der Waals surface area contributed by atoms with E-state index in [1.54, 1.807) is 0 Å². The van der Waals surface area contributed by atoms with Crippen molar-refractivity contribution >= 4 is 0 Å². The Morgan fingerprint density at radius 3 is 3.17 bits per heavy atom. The van der Waals surface area contributed by atoms with Gasteiger partial charge in [-0.05, 0) is 43.5 Å². The third kappa shape index (κ3) is 4.31. The van der Waals surface area contributed by atoms with Crippen molar-refractivity contribution in [3.05, 3.63) is 29.8 Å². The van der Waals surface area contributed by atoms with Gasteiger partial charge in [-0.25, -0.2) is 0 Å². The van der Waals surface area contributed by atoms with Gasteiger partial charge in [0.1, 0.15) is 12.4 Å². The molecular formula is C15H23NO2. The van der Waals surface area contributed by atoms with Gasteiger partial charge in [-0.1, -0.05) is 19.1 Å². The Bertz CT molecular complexity index is 348. The molecule has 1 fully saturated rings.